The Kier molecular flexibility index (Phi) is 8.86. The number of guanidine groups is 1. The van der Waals surface area contributed by atoms with Crippen molar-refractivity contribution >= 4 is 29.9 Å². The number of nitrogens with one attached hydrogen (secondary N) is 1. The minimum Gasteiger partial charge on any atom is -0.367 e. The van der Waals surface area contributed by atoms with E-state index in [0.717, 1.165) is 30.2 Å². The summed E-state index contributed by atoms with van der Waals surface area (Å²) in [5.74, 6) is 0.580. The van der Waals surface area contributed by atoms with Crippen LogP contribution in [-0.2, 0) is 11.3 Å². The Morgan fingerprint density at radius 2 is 1.90 bits per heavy atom. The van der Waals surface area contributed by atoms with Gasteiger partial charge >= 0.3 is 0 Å². The molecular weight excluding hydrogens is 482 g/mol. The summed E-state index contributed by atoms with van der Waals surface area (Å²) in [7, 11) is 0. The Hall–Kier alpha value is -2.18. The molecule has 154 valence electrons. The summed E-state index contributed by atoms with van der Waals surface area (Å²) in [4.78, 5) is 6.96. The van der Waals surface area contributed by atoms with E-state index < -0.39 is 0 Å². The molecule has 1 aliphatic heterocycles. The zero-order valence-electron chi connectivity index (χ0n) is 16.6. The molecule has 0 radical (unpaired) electrons. The van der Waals surface area contributed by atoms with Crippen LogP contribution in [0.15, 0.2) is 53.5 Å². The van der Waals surface area contributed by atoms with Crippen molar-refractivity contribution < 1.29 is 9.13 Å². The third-order valence-corrected chi connectivity index (χ3v) is 4.63. The van der Waals surface area contributed by atoms with Crippen LogP contribution in [0.2, 0.25) is 0 Å². The van der Waals surface area contributed by atoms with Crippen molar-refractivity contribution in [1.82, 2.24) is 10.2 Å². The summed E-state index contributed by atoms with van der Waals surface area (Å²) in [6.45, 7) is 6.75. The zero-order valence-corrected chi connectivity index (χ0v) is 19.0. The maximum Gasteiger partial charge on any atom is 0.194 e. The molecule has 29 heavy (non-hydrogen) atoms. The molecule has 0 aliphatic carbocycles. The van der Waals surface area contributed by atoms with E-state index in [1.807, 2.05) is 26.0 Å². The Balaban J connectivity index is 0.00000300. The lowest BCUT2D eigenvalue weighted by Crippen LogP contribution is -2.50. The lowest BCUT2D eigenvalue weighted by atomic mass is 10.1. The SMILES string of the molecule is CCNC(=NCc1ccc(C#N)cc1)N1CC(C)OC(c2ccc(F)cc2)C1.I. The first kappa shape index (κ1) is 23.1. The topological polar surface area (TPSA) is 60.7 Å². The number of hydrogen-bond donors (Lipinski definition) is 1. The van der Waals surface area contributed by atoms with Crippen molar-refractivity contribution in [3.05, 3.63) is 71.0 Å². The fraction of sp³-hybridized carbons (Fsp3) is 0.364. The van der Waals surface area contributed by atoms with Crippen molar-refractivity contribution in [3.63, 3.8) is 0 Å². The minimum atomic E-state index is -0.248. The van der Waals surface area contributed by atoms with E-state index in [4.69, 9.17) is 15.0 Å². The molecular formula is C22H26FIN4O. The maximum absolute atomic E-state index is 13.2. The lowest BCUT2D eigenvalue weighted by molar-refractivity contribution is -0.0605. The standard InChI is InChI=1S/C22H25FN4O.HI/c1-3-25-22(26-13-18-6-4-17(12-24)5-7-18)27-14-16(2)28-21(15-27)19-8-10-20(23)11-9-19;/h4-11,16,21H,3,13-15H2,1-2H3,(H,25,26);1H. The van der Waals surface area contributed by atoms with Gasteiger partial charge in [-0.1, -0.05) is 24.3 Å². The van der Waals surface area contributed by atoms with Crippen molar-refractivity contribution in [3.8, 4) is 6.07 Å². The van der Waals surface area contributed by atoms with Gasteiger partial charge < -0.3 is 15.0 Å². The predicted molar refractivity (Wildman–Crippen MR) is 123 cm³/mol. The molecule has 2 aromatic rings. The van der Waals surface area contributed by atoms with E-state index in [9.17, 15) is 4.39 Å². The summed E-state index contributed by atoms with van der Waals surface area (Å²) >= 11 is 0. The van der Waals surface area contributed by atoms with Crippen LogP contribution in [0.1, 0.15) is 36.6 Å². The highest BCUT2D eigenvalue weighted by atomic mass is 127. The van der Waals surface area contributed by atoms with Crippen molar-refractivity contribution in [2.24, 2.45) is 4.99 Å². The first-order chi connectivity index (χ1) is 13.6. The molecule has 2 aromatic carbocycles. The van der Waals surface area contributed by atoms with Crippen LogP contribution in [-0.4, -0.2) is 36.6 Å². The second kappa shape index (κ2) is 11.1. The van der Waals surface area contributed by atoms with Gasteiger partial charge in [-0.3, -0.25) is 0 Å². The Bertz CT molecular complexity index is 849. The molecule has 1 N–H and O–H groups in total. The second-order valence-corrected chi connectivity index (χ2v) is 6.87. The van der Waals surface area contributed by atoms with E-state index in [0.29, 0.717) is 18.7 Å². The third kappa shape index (κ3) is 6.41. The highest BCUT2D eigenvalue weighted by Crippen LogP contribution is 2.25. The molecule has 0 bridgehead atoms. The molecule has 1 aliphatic rings. The molecule has 2 atom stereocenters. The quantitative estimate of drug-likeness (QED) is 0.382. The number of ether oxygens (including phenoxy) is 1. The molecule has 0 amide bonds. The first-order valence-electron chi connectivity index (χ1n) is 9.52. The number of nitriles is 1. The van der Waals surface area contributed by atoms with Crippen LogP contribution < -0.4 is 5.32 Å². The molecule has 1 fully saturated rings. The van der Waals surface area contributed by atoms with Gasteiger partial charge in [0.15, 0.2) is 5.96 Å². The summed E-state index contributed by atoms with van der Waals surface area (Å²) in [5, 5.41) is 12.3. The number of halogens is 2. The summed E-state index contributed by atoms with van der Waals surface area (Å²) in [6.07, 6.45) is -0.106. The van der Waals surface area contributed by atoms with Gasteiger partial charge in [-0.2, -0.15) is 5.26 Å². The second-order valence-electron chi connectivity index (χ2n) is 6.87. The van der Waals surface area contributed by atoms with Crippen molar-refractivity contribution in [2.45, 2.75) is 32.6 Å². The van der Waals surface area contributed by atoms with Crippen LogP contribution in [0.3, 0.4) is 0 Å². The van der Waals surface area contributed by atoms with Crippen molar-refractivity contribution in [2.75, 3.05) is 19.6 Å². The molecule has 3 rings (SSSR count). The van der Waals surface area contributed by atoms with E-state index in [-0.39, 0.29) is 42.0 Å². The minimum absolute atomic E-state index is 0. The summed E-state index contributed by atoms with van der Waals surface area (Å²) in [6, 6.07) is 16.1. The molecule has 1 saturated heterocycles. The van der Waals surface area contributed by atoms with E-state index in [2.05, 4.69) is 16.3 Å². The van der Waals surface area contributed by atoms with Gasteiger partial charge in [0.2, 0.25) is 0 Å². The fourth-order valence-corrected chi connectivity index (χ4v) is 3.26. The molecule has 0 saturated carbocycles. The monoisotopic (exact) mass is 508 g/mol. The van der Waals surface area contributed by atoms with E-state index in [1.165, 1.54) is 12.1 Å². The maximum atomic E-state index is 13.2. The Labute approximate surface area is 188 Å². The van der Waals surface area contributed by atoms with Gasteiger partial charge in [0.1, 0.15) is 11.9 Å². The first-order valence-corrected chi connectivity index (χ1v) is 9.52. The number of hydrogen-bond acceptors (Lipinski definition) is 3. The van der Waals surface area contributed by atoms with E-state index >= 15 is 0 Å². The van der Waals surface area contributed by atoms with Gasteiger partial charge in [-0.15, -0.1) is 24.0 Å². The zero-order chi connectivity index (χ0) is 19.9. The summed E-state index contributed by atoms with van der Waals surface area (Å²) in [5.41, 5.74) is 2.65. The van der Waals surface area contributed by atoms with Crippen LogP contribution in [0.5, 0.6) is 0 Å². The van der Waals surface area contributed by atoms with Crippen LogP contribution in [0.4, 0.5) is 4.39 Å². The van der Waals surface area contributed by atoms with Gasteiger partial charge in [-0.05, 0) is 49.2 Å². The van der Waals surface area contributed by atoms with Crippen LogP contribution in [0, 0.1) is 17.1 Å². The molecule has 5 nitrogen and oxygen atoms in total. The molecule has 1 heterocycles. The highest BCUT2D eigenvalue weighted by Gasteiger charge is 2.28. The smallest absolute Gasteiger partial charge is 0.194 e. The predicted octanol–water partition coefficient (Wildman–Crippen LogP) is 4.24. The number of morpholine rings is 1. The summed E-state index contributed by atoms with van der Waals surface area (Å²) < 4.78 is 19.3. The highest BCUT2D eigenvalue weighted by molar-refractivity contribution is 14.0. The van der Waals surface area contributed by atoms with Crippen LogP contribution >= 0.6 is 24.0 Å². The molecule has 0 aromatic heterocycles. The van der Waals surface area contributed by atoms with Gasteiger partial charge in [0, 0.05) is 13.1 Å². The van der Waals surface area contributed by atoms with Crippen molar-refractivity contribution in [1.29, 1.82) is 5.26 Å². The average molecular weight is 508 g/mol. The lowest BCUT2D eigenvalue weighted by Gasteiger charge is -2.38. The normalized spacial score (nSPS) is 19.2. The van der Waals surface area contributed by atoms with E-state index in [1.54, 1.807) is 24.3 Å². The molecule has 0 spiro atoms. The van der Waals surface area contributed by atoms with Gasteiger partial charge in [0.05, 0.1) is 30.8 Å². The third-order valence-electron chi connectivity index (χ3n) is 4.63. The fourth-order valence-electron chi connectivity index (χ4n) is 3.26. The van der Waals surface area contributed by atoms with Gasteiger partial charge in [-0.25, -0.2) is 9.38 Å². The number of benzene rings is 2. The number of rotatable bonds is 4. The Morgan fingerprint density at radius 3 is 2.52 bits per heavy atom. The largest absolute Gasteiger partial charge is 0.367 e. The average Bonchev–Trinajstić information content (AvgIpc) is 2.71. The van der Waals surface area contributed by atoms with Gasteiger partial charge in [0.25, 0.3) is 0 Å². The molecule has 7 heteroatoms. The van der Waals surface area contributed by atoms with Crippen LogP contribution in [0.25, 0.3) is 0 Å². The number of nitrogens with zero attached hydrogens (tertiary/aromatic N) is 3. The molecule has 2 unspecified atom stereocenters. The number of aliphatic imine (C=N–C) groups is 1. The Morgan fingerprint density at radius 1 is 1.21 bits per heavy atom.